The molecule has 3 heteroatoms. The standard InChI is InChI=1S/C3H8OS.K/c1-4-2-3-5;/h5H,2-3H2,1H3;/q;+1/p-1. The van der Waals surface area contributed by atoms with E-state index in [1.165, 1.54) is 0 Å². The van der Waals surface area contributed by atoms with Crippen molar-refractivity contribution in [2.24, 2.45) is 0 Å². The Hall–Kier alpha value is 1.95. The normalized spacial score (nSPS) is 7.00. The Morgan fingerprint density at radius 1 is 1.67 bits per heavy atom. The van der Waals surface area contributed by atoms with Crippen LogP contribution >= 0.6 is 0 Å². The van der Waals surface area contributed by atoms with E-state index in [-0.39, 0.29) is 51.4 Å². The second-order valence-electron chi connectivity index (χ2n) is 0.697. The summed E-state index contributed by atoms with van der Waals surface area (Å²) >= 11 is 4.53. The van der Waals surface area contributed by atoms with Gasteiger partial charge in [-0.15, -0.1) is 0 Å². The van der Waals surface area contributed by atoms with Crippen molar-refractivity contribution >= 4 is 12.6 Å². The van der Waals surface area contributed by atoms with Gasteiger partial charge in [-0.25, -0.2) is 0 Å². The molecule has 1 nitrogen and oxygen atoms in total. The molecule has 0 rings (SSSR count). The summed E-state index contributed by atoms with van der Waals surface area (Å²) in [6.45, 7) is 0.704. The van der Waals surface area contributed by atoms with Gasteiger partial charge in [0.05, 0.1) is 0 Å². The molecule has 0 atom stereocenters. The molecule has 6 heavy (non-hydrogen) atoms. The Bertz CT molecular complexity index is 18.3. The topological polar surface area (TPSA) is 9.23 Å². The number of hydrogen-bond donors (Lipinski definition) is 0. The number of rotatable bonds is 2. The van der Waals surface area contributed by atoms with E-state index in [1.54, 1.807) is 7.11 Å². The average molecular weight is 130 g/mol. The SMILES string of the molecule is COCC[S-].[K+]. The van der Waals surface area contributed by atoms with Gasteiger partial charge < -0.3 is 17.4 Å². The summed E-state index contributed by atoms with van der Waals surface area (Å²) in [6, 6.07) is 0. The van der Waals surface area contributed by atoms with Crippen molar-refractivity contribution < 1.29 is 56.1 Å². The third-order valence-electron chi connectivity index (χ3n) is 0.287. The molecule has 0 aliphatic carbocycles. The van der Waals surface area contributed by atoms with E-state index in [2.05, 4.69) is 17.4 Å². The Labute approximate surface area is 86.7 Å². The number of methoxy groups -OCH3 is 1. The quantitative estimate of drug-likeness (QED) is 0.295. The summed E-state index contributed by atoms with van der Waals surface area (Å²) in [5.41, 5.74) is 0. The molecule has 0 aliphatic heterocycles. The number of ether oxygens (including phenoxy) is 1. The van der Waals surface area contributed by atoms with Crippen LogP contribution in [0.4, 0.5) is 0 Å². The van der Waals surface area contributed by atoms with Crippen LogP contribution in [0, 0.1) is 0 Å². The molecule has 0 amide bonds. The zero-order chi connectivity index (χ0) is 4.12. The van der Waals surface area contributed by atoms with E-state index >= 15 is 0 Å². The first-order valence-corrected chi connectivity index (χ1v) is 2.06. The summed E-state index contributed by atoms with van der Waals surface area (Å²) in [5, 5.41) is 0. The summed E-state index contributed by atoms with van der Waals surface area (Å²) in [4.78, 5) is 0. The smallest absolute Gasteiger partial charge is 0.790 e. The fraction of sp³-hybridized carbons (Fsp3) is 1.00. The summed E-state index contributed by atoms with van der Waals surface area (Å²) < 4.78 is 4.59. The number of hydrogen-bond acceptors (Lipinski definition) is 2. The molecule has 0 aromatic carbocycles. The maximum Gasteiger partial charge on any atom is 1.00 e. The van der Waals surface area contributed by atoms with E-state index in [1.807, 2.05) is 0 Å². The Morgan fingerprint density at radius 2 is 2.17 bits per heavy atom. The molecule has 0 bridgehead atoms. The minimum Gasteiger partial charge on any atom is -0.790 e. The van der Waals surface area contributed by atoms with Crippen molar-refractivity contribution in [3.05, 3.63) is 0 Å². The second kappa shape index (κ2) is 10.0. The molecular formula is C3H7KOS. The van der Waals surface area contributed by atoms with Crippen molar-refractivity contribution in [2.45, 2.75) is 0 Å². The van der Waals surface area contributed by atoms with Crippen LogP contribution in [0.5, 0.6) is 0 Å². The molecule has 0 aliphatic rings. The van der Waals surface area contributed by atoms with Gasteiger partial charge in [0, 0.05) is 13.7 Å². The van der Waals surface area contributed by atoms with Gasteiger partial charge in [-0.05, 0) is 0 Å². The average Bonchev–Trinajstić information content (AvgIpc) is 1.41. The van der Waals surface area contributed by atoms with Crippen molar-refractivity contribution in [3.63, 3.8) is 0 Å². The molecule has 0 unspecified atom stereocenters. The van der Waals surface area contributed by atoms with Gasteiger partial charge in [-0.1, -0.05) is 0 Å². The van der Waals surface area contributed by atoms with Crippen molar-refractivity contribution in [1.82, 2.24) is 0 Å². The van der Waals surface area contributed by atoms with Crippen LogP contribution in [0.15, 0.2) is 0 Å². The third-order valence-corrected chi connectivity index (χ3v) is 0.454. The van der Waals surface area contributed by atoms with E-state index in [0.29, 0.717) is 12.4 Å². The predicted molar refractivity (Wildman–Crippen MR) is 24.1 cm³/mol. The molecule has 0 fully saturated rings. The Morgan fingerprint density at radius 3 is 2.17 bits per heavy atom. The van der Waals surface area contributed by atoms with Crippen LogP contribution in [-0.4, -0.2) is 19.5 Å². The van der Waals surface area contributed by atoms with E-state index < -0.39 is 0 Å². The molecule has 32 valence electrons. The Balaban J connectivity index is 0. The van der Waals surface area contributed by atoms with Gasteiger partial charge in [0.2, 0.25) is 0 Å². The van der Waals surface area contributed by atoms with Crippen LogP contribution in [0.25, 0.3) is 0 Å². The van der Waals surface area contributed by atoms with Crippen LogP contribution in [-0.2, 0) is 17.4 Å². The van der Waals surface area contributed by atoms with Gasteiger partial charge in [0.1, 0.15) is 0 Å². The van der Waals surface area contributed by atoms with E-state index in [0.717, 1.165) is 0 Å². The van der Waals surface area contributed by atoms with Crippen LogP contribution in [0.3, 0.4) is 0 Å². The molecule has 0 spiro atoms. The minimum absolute atomic E-state index is 0. The van der Waals surface area contributed by atoms with Crippen molar-refractivity contribution in [3.8, 4) is 0 Å². The monoisotopic (exact) mass is 130 g/mol. The van der Waals surface area contributed by atoms with Crippen molar-refractivity contribution in [2.75, 3.05) is 19.5 Å². The molecule has 0 saturated carbocycles. The summed E-state index contributed by atoms with van der Waals surface area (Å²) in [7, 11) is 1.65. The first kappa shape index (κ1) is 10.8. The van der Waals surface area contributed by atoms with E-state index in [9.17, 15) is 0 Å². The van der Waals surface area contributed by atoms with Crippen LogP contribution in [0.1, 0.15) is 0 Å². The molecular weight excluding hydrogens is 123 g/mol. The maximum atomic E-state index is 4.59. The van der Waals surface area contributed by atoms with Crippen LogP contribution < -0.4 is 51.4 Å². The fourth-order valence-electron chi connectivity index (χ4n) is 0.0833. The molecule has 0 heterocycles. The van der Waals surface area contributed by atoms with Gasteiger partial charge >= 0.3 is 51.4 Å². The fourth-order valence-corrected chi connectivity index (χ4v) is 0.250. The summed E-state index contributed by atoms with van der Waals surface area (Å²) in [5.74, 6) is 0.705. The minimum atomic E-state index is 0. The largest absolute Gasteiger partial charge is 1.00 e. The molecule has 0 aromatic rings. The third kappa shape index (κ3) is 9.34. The Kier molecular flexibility index (Phi) is 18.1. The summed E-state index contributed by atoms with van der Waals surface area (Å²) in [6.07, 6.45) is 0. The van der Waals surface area contributed by atoms with Gasteiger partial charge in [0.15, 0.2) is 0 Å². The molecule has 0 saturated heterocycles. The zero-order valence-electron chi connectivity index (χ0n) is 4.23. The van der Waals surface area contributed by atoms with Crippen LogP contribution in [0.2, 0.25) is 0 Å². The predicted octanol–water partition coefficient (Wildman–Crippen LogP) is -2.82. The van der Waals surface area contributed by atoms with Gasteiger partial charge in [0.25, 0.3) is 0 Å². The second-order valence-corrected chi connectivity index (χ2v) is 1.11. The van der Waals surface area contributed by atoms with Gasteiger partial charge in [-0.2, -0.15) is 5.75 Å². The zero-order valence-corrected chi connectivity index (χ0v) is 8.17. The van der Waals surface area contributed by atoms with Gasteiger partial charge in [-0.3, -0.25) is 0 Å². The van der Waals surface area contributed by atoms with E-state index in [4.69, 9.17) is 0 Å². The molecule has 0 N–H and O–H groups in total. The maximum absolute atomic E-state index is 4.59. The molecule has 0 radical (unpaired) electrons. The first-order valence-electron chi connectivity index (χ1n) is 1.49. The van der Waals surface area contributed by atoms with Crippen molar-refractivity contribution in [1.29, 1.82) is 0 Å². The first-order chi connectivity index (χ1) is 2.41. The molecule has 0 aromatic heterocycles.